The summed E-state index contributed by atoms with van der Waals surface area (Å²) in [6.45, 7) is 8.61. The van der Waals surface area contributed by atoms with Crippen molar-refractivity contribution in [3.8, 4) is 0 Å². The molecule has 1 saturated heterocycles. The number of likely N-dealkylation sites (tertiary alicyclic amines) is 1. The van der Waals surface area contributed by atoms with Crippen LogP contribution in [-0.2, 0) is 14.4 Å². The molecule has 1 heterocycles. The third-order valence-corrected chi connectivity index (χ3v) is 2.42. The fourth-order valence-corrected chi connectivity index (χ4v) is 1.54. The van der Waals surface area contributed by atoms with Crippen LogP contribution in [0.15, 0.2) is 0 Å². The highest BCUT2D eigenvalue weighted by atomic mass is 16.7. The van der Waals surface area contributed by atoms with E-state index in [9.17, 15) is 9.59 Å². The molecule has 0 aromatic rings. The zero-order chi connectivity index (χ0) is 12.3. The van der Waals surface area contributed by atoms with Crippen molar-refractivity contribution in [2.45, 2.75) is 39.7 Å². The molecule has 1 aliphatic heterocycles. The molecule has 0 radical (unpaired) electrons. The highest BCUT2D eigenvalue weighted by molar-refractivity contribution is 5.88. The van der Waals surface area contributed by atoms with Gasteiger partial charge < -0.3 is 4.90 Å². The summed E-state index contributed by atoms with van der Waals surface area (Å²) in [5.41, 5.74) is 2.00. The Bertz CT molecular complexity index is 283. The third kappa shape index (κ3) is 3.48. The van der Waals surface area contributed by atoms with Gasteiger partial charge in [-0.2, -0.15) is 0 Å². The van der Waals surface area contributed by atoms with Gasteiger partial charge in [-0.05, 0) is 27.7 Å². The van der Waals surface area contributed by atoms with Gasteiger partial charge in [-0.1, -0.05) is 0 Å². The van der Waals surface area contributed by atoms with Crippen molar-refractivity contribution in [3.05, 3.63) is 0 Å². The number of carbonyl (C=O) groups excluding carboxylic acids is 2. The molecular weight excluding hydrogens is 208 g/mol. The minimum Gasteiger partial charge on any atom is -0.342 e. The minimum absolute atomic E-state index is 0.0402. The van der Waals surface area contributed by atoms with Gasteiger partial charge in [0, 0.05) is 19.5 Å². The lowest BCUT2D eigenvalue weighted by Gasteiger charge is -2.20. The second kappa shape index (κ2) is 4.82. The Hall–Kier alpha value is -1.10. The molecule has 2 amide bonds. The van der Waals surface area contributed by atoms with Crippen molar-refractivity contribution >= 4 is 11.8 Å². The molecule has 1 rings (SSSR count). The van der Waals surface area contributed by atoms with Gasteiger partial charge in [-0.15, -0.1) is 0 Å². The monoisotopic (exact) mass is 228 g/mol. The van der Waals surface area contributed by atoms with E-state index in [1.54, 1.807) is 4.90 Å². The number of hydroxylamine groups is 1. The van der Waals surface area contributed by atoms with Crippen LogP contribution in [0.25, 0.3) is 0 Å². The SMILES string of the molecule is CCN1CC(C(=O)NOC(C)(C)C)CC1=O. The largest absolute Gasteiger partial charge is 0.342 e. The molecule has 1 aliphatic rings. The number of rotatable bonds is 3. The van der Waals surface area contributed by atoms with Crippen LogP contribution >= 0.6 is 0 Å². The summed E-state index contributed by atoms with van der Waals surface area (Å²) in [5.74, 6) is -0.451. The molecule has 5 heteroatoms. The fraction of sp³-hybridized carbons (Fsp3) is 0.818. The average molecular weight is 228 g/mol. The van der Waals surface area contributed by atoms with E-state index in [0.29, 0.717) is 13.1 Å². The van der Waals surface area contributed by atoms with E-state index < -0.39 is 5.60 Å². The van der Waals surface area contributed by atoms with E-state index in [-0.39, 0.29) is 24.2 Å². The molecule has 1 fully saturated rings. The summed E-state index contributed by atoms with van der Waals surface area (Å²) < 4.78 is 0. The Labute approximate surface area is 96.1 Å². The zero-order valence-electron chi connectivity index (χ0n) is 10.4. The number of carbonyl (C=O) groups is 2. The first kappa shape index (κ1) is 13.0. The fourth-order valence-electron chi connectivity index (χ4n) is 1.54. The van der Waals surface area contributed by atoms with Crippen LogP contribution in [0.3, 0.4) is 0 Å². The predicted molar refractivity (Wildman–Crippen MR) is 59.3 cm³/mol. The molecule has 0 aromatic carbocycles. The molecule has 0 aliphatic carbocycles. The number of hydrogen-bond acceptors (Lipinski definition) is 3. The summed E-state index contributed by atoms with van der Waals surface area (Å²) in [5, 5.41) is 0. The number of nitrogens with one attached hydrogen (secondary N) is 1. The summed E-state index contributed by atoms with van der Waals surface area (Å²) >= 11 is 0. The van der Waals surface area contributed by atoms with E-state index in [2.05, 4.69) is 5.48 Å². The van der Waals surface area contributed by atoms with Crippen molar-refractivity contribution in [1.29, 1.82) is 0 Å². The van der Waals surface area contributed by atoms with Gasteiger partial charge in [-0.3, -0.25) is 14.4 Å². The van der Waals surface area contributed by atoms with E-state index in [1.165, 1.54) is 0 Å². The Balaban J connectivity index is 2.42. The third-order valence-electron chi connectivity index (χ3n) is 2.42. The highest BCUT2D eigenvalue weighted by Gasteiger charge is 2.33. The van der Waals surface area contributed by atoms with Gasteiger partial charge in [0.2, 0.25) is 11.8 Å². The number of amides is 2. The molecule has 5 nitrogen and oxygen atoms in total. The van der Waals surface area contributed by atoms with E-state index >= 15 is 0 Å². The molecule has 1 unspecified atom stereocenters. The Morgan fingerprint density at radius 2 is 2.19 bits per heavy atom. The first-order chi connectivity index (χ1) is 7.33. The quantitative estimate of drug-likeness (QED) is 0.723. The summed E-state index contributed by atoms with van der Waals surface area (Å²) in [4.78, 5) is 30.0. The molecular formula is C11H20N2O3. The normalized spacial score (nSPS) is 21.4. The van der Waals surface area contributed by atoms with Crippen LogP contribution in [0.5, 0.6) is 0 Å². The van der Waals surface area contributed by atoms with Crippen molar-refractivity contribution in [2.75, 3.05) is 13.1 Å². The highest BCUT2D eigenvalue weighted by Crippen LogP contribution is 2.17. The lowest BCUT2D eigenvalue weighted by molar-refractivity contribution is -0.149. The molecule has 0 spiro atoms. The summed E-state index contributed by atoms with van der Waals surface area (Å²) in [7, 11) is 0. The molecule has 0 saturated carbocycles. The smallest absolute Gasteiger partial charge is 0.248 e. The van der Waals surface area contributed by atoms with E-state index in [4.69, 9.17) is 4.84 Å². The zero-order valence-corrected chi connectivity index (χ0v) is 10.4. The Morgan fingerprint density at radius 1 is 1.56 bits per heavy atom. The minimum atomic E-state index is -0.414. The van der Waals surface area contributed by atoms with Crippen LogP contribution in [0, 0.1) is 5.92 Å². The lowest BCUT2D eigenvalue weighted by Crippen LogP contribution is -2.38. The number of hydrogen-bond donors (Lipinski definition) is 1. The summed E-state index contributed by atoms with van der Waals surface area (Å²) in [6.07, 6.45) is 0.285. The van der Waals surface area contributed by atoms with Crippen molar-refractivity contribution in [3.63, 3.8) is 0 Å². The van der Waals surface area contributed by atoms with Crippen LogP contribution in [0.4, 0.5) is 0 Å². The van der Waals surface area contributed by atoms with E-state index in [1.807, 2.05) is 27.7 Å². The first-order valence-corrected chi connectivity index (χ1v) is 5.59. The van der Waals surface area contributed by atoms with Crippen LogP contribution in [0.2, 0.25) is 0 Å². The predicted octanol–water partition coefficient (Wildman–Crippen LogP) is 0.701. The Kier molecular flexibility index (Phi) is 3.91. The number of nitrogens with zero attached hydrogens (tertiary/aromatic N) is 1. The van der Waals surface area contributed by atoms with Crippen LogP contribution in [0.1, 0.15) is 34.1 Å². The standard InChI is InChI=1S/C11H20N2O3/c1-5-13-7-8(6-9(13)14)10(15)12-16-11(2,3)4/h8H,5-7H2,1-4H3,(H,12,15). The molecule has 0 bridgehead atoms. The van der Waals surface area contributed by atoms with Gasteiger partial charge >= 0.3 is 0 Å². The van der Waals surface area contributed by atoms with Crippen molar-refractivity contribution in [2.24, 2.45) is 5.92 Å². The van der Waals surface area contributed by atoms with Crippen LogP contribution < -0.4 is 5.48 Å². The molecule has 0 aromatic heterocycles. The lowest BCUT2D eigenvalue weighted by atomic mass is 10.1. The maximum Gasteiger partial charge on any atom is 0.248 e. The van der Waals surface area contributed by atoms with Gasteiger partial charge in [0.15, 0.2) is 0 Å². The molecule has 92 valence electrons. The molecule has 16 heavy (non-hydrogen) atoms. The second-order valence-corrected chi connectivity index (χ2v) is 5.01. The second-order valence-electron chi connectivity index (χ2n) is 5.01. The topological polar surface area (TPSA) is 58.6 Å². The molecule has 1 N–H and O–H groups in total. The van der Waals surface area contributed by atoms with E-state index in [0.717, 1.165) is 0 Å². The van der Waals surface area contributed by atoms with Gasteiger partial charge in [0.25, 0.3) is 0 Å². The van der Waals surface area contributed by atoms with Crippen molar-refractivity contribution < 1.29 is 14.4 Å². The van der Waals surface area contributed by atoms with Crippen LogP contribution in [-0.4, -0.2) is 35.4 Å². The maximum atomic E-state index is 11.7. The average Bonchev–Trinajstić information content (AvgIpc) is 2.55. The van der Waals surface area contributed by atoms with Gasteiger partial charge in [0.1, 0.15) is 0 Å². The Morgan fingerprint density at radius 3 is 2.62 bits per heavy atom. The van der Waals surface area contributed by atoms with Gasteiger partial charge in [-0.25, -0.2) is 5.48 Å². The first-order valence-electron chi connectivity index (χ1n) is 5.59. The summed E-state index contributed by atoms with van der Waals surface area (Å²) in [6, 6.07) is 0. The van der Waals surface area contributed by atoms with Gasteiger partial charge in [0.05, 0.1) is 11.5 Å². The molecule has 1 atom stereocenters. The maximum absolute atomic E-state index is 11.7. The van der Waals surface area contributed by atoms with Crippen molar-refractivity contribution in [1.82, 2.24) is 10.4 Å².